The van der Waals surface area contributed by atoms with Crippen molar-refractivity contribution < 1.29 is 17.6 Å². The molecule has 0 saturated carbocycles. The minimum Gasteiger partial charge on any atom is -0.322 e. The van der Waals surface area contributed by atoms with Gasteiger partial charge in [0.05, 0.1) is 16.1 Å². The Morgan fingerprint density at radius 3 is 2.30 bits per heavy atom. The lowest BCUT2D eigenvalue weighted by Crippen LogP contribution is -2.15. The number of benzene rings is 3. The maximum Gasteiger partial charge on any atom is 0.261 e. The Morgan fingerprint density at radius 1 is 0.889 bits per heavy atom. The molecule has 1 amide bonds. The van der Waals surface area contributed by atoms with Gasteiger partial charge in [-0.15, -0.1) is 0 Å². The largest absolute Gasteiger partial charge is 0.322 e. The Kier molecular flexibility index (Phi) is 5.43. The van der Waals surface area contributed by atoms with E-state index in [2.05, 4.69) is 10.0 Å². The average molecular weight is 405 g/mol. The van der Waals surface area contributed by atoms with Crippen LogP contribution in [-0.2, 0) is 10.0 Å². The van der Waals surface area contributed by atoms with Gasteiger partial charge in [-0.25, -0.2) is 12.8 Å². The highest BCUT2D eigenvalue weighted by atomic mass is 35.5. The second-order valence-corrected chi connectivity index (χ2v) is 7.70. The standard InChI is InChI=1S/C19H14ClFN2O3S/c20-13-9-10-17(18(21)11-13)19(24)22-14-5-4-6-15(12-14)23-27(25,26)16-7-2-1-3-8-16/h1-12,23H,(H,22,24). The third-order valence-corrected chi connectivity index (χ3v) is 5.23. The van der Waals surface area contributed by atoms with Crippen LogP contribution in [0.3, 0.4) is 0 Å². The van der Waals surface area contributed by atoms with E-state index in [1.165, 1.54) is 30.3 Å². The predicted octanol–water partition coefficient (Wildman–Crippen LogP) is 4.53. The zero-order chi connectivity index (χ0) is 19.4. The number of amides is 1. The Hall–Kier alpha value is -2.90. The van der Waals surface area contributed by atoms with Crippen molar-refractivity contribution in [2.45, 2.75) is 4.90 Å². The van der Waals surface area contributed by atoms with Gasteiger partial charge in [0, 0.05) is 10.7 Å². The number of sulfonamides is 1. The molecule has 0 bridgehead atoms. The smallest absolute Gasteiger partial charge is 0.261 e. The lowest BCUT2D eigenvalue weighted by atomic mass is 10.2. The summed E-state index contributed by atoms with van der Waals surface area (Å²) in [5.74, 6) is -1.42. The number of carbonyl (C=O) groups excluding carboxylic acids is 1. The van der Waals surface area contributed by atoms with E-state index < -0.39 is 21.7 Å². The Balaban J connectivity index is 1.79. The van der Waals surface area contributed by atoms with Gasteiger partial charge in [0.2, 0.25) is 0 Å². The van der Waals surface area contributed by atoms with Crippen LogP contribution >= 0.6 is 11.6 Å². The molecule has 8 heteroatoms. The van der Waals surface area contributed by atoms with Gasteiger partial charge in [0.15, 0.2) is 0 Å². The highest BCUT2D eigenvalue weighted by Crippen LogP contribution is 2.21. The molecule has 0 aliphatic carbocycles. The number of nitrogens with one attached hydrogen (secondary N) is 2. The molecule has 0 aliphatic rings. The maximum absolute atomic E-state index is 13.9. The van der Waals surface area contributed by atoms with E-state index in [1.54, 1.807) is 36.4 Å². The number of carbonyl (C=O) groups is 1. The number of hydrogen-bond donors (Lipinski definition) is 2. The van der Waals surface area contributed by atoms with Crippen molar-refractivity contribution in [2.75, 3.05) is 10.0 Å². The van der Waals surface area contributed by atoms with Crippen LogP contribution in [0, 0.1) is 5.82 Å². The molecule has 3 rings (SSSR count). The van der Waals surface area contributed by atoms with Gasteiger partial charge in [0.25, 0.3) is 15.9 Å². The molecular weight excluding hydrogens is 391 g/mol. The quantitative estimate of drug-likeness (QED) is 0.655. The van der Waals surface area contributed by atoms with Crippen molar-refractivity contribution in [1.29, 1.82) is 0 Å². The molecule has 5 nitrogen and oxygen atoms in total. The van der Waals surface area contributed by atoms with Crippen molar-refractivity contribution in [3.8, 4) is 0 Å². The average Bonchev–Trinajstić information content (AvgIpc) is 2.62. The van der Waals surface area contributed by atoms with E-state index in [1.807, 2.05) is 0 Å². The third-order valence-electron chi connectivity index (χ3n) is 3.60. The van der Waals surface area contributed by atoms with Crippen LogP contribution in [0.5, 0.6) is 0 Å². The van der Waals surface area contributed by atoms with Gasteiger partial charge < -0.3 is 5.32 Å². The van der Waals surface area contributed by atoms with Crippen LogP contribution in [0.4, 0.5) is 15.8 Å². The molecule has 0 atom stereocenters. The molecule has 0 saturated heterocycles. The Morgan fingerprint density at radius 2 is 1.59 bits per heavy atom. The first-order valence-electron chi connectivity index (χ1n) is 7.79. The molecule has 2 N–H and O–H groups in total. The fourth-order valence-corrected chi connectivity index (χ4v) is 3.58. The van der Waals surface area contributed by atoms with Crippen LogP contribution in [0.15, 0.2) is 77.7 Å². The van der Waals surface area contributed by atoms with Crippen molar-refractivity contribution in [2.24, 2.45) is 0 Å². The topological polar surface area (TPSA) is 75.3 Å². The van der Waals surface area contributed by atoms with Gasteiger partial charge in [0.1, 0.15) is 5.82 Å². The maximum atomic E-state index is 13.9. The summed E-state index contributed by atoms with van der Waals surface area (Å²) in [4.78, 5) is 12.3. The monoisotopic (exact) mass is 404 g/mol. The Labute approximate surface area is 160 Å². The second-order valence-electron chi connectivity index (χ2n) is 5.58. The summed E-state index contributed by atoms with van der Waals surface area (Å²) in [6.07, 6.45) is 0. The first-order chi connectivity index (χ1) is 12.8. The molecule has 0 radical (unpaired) electrons. The molecule has 3 aromatic rings. The second kappa shape index (κ2) is 7.77. The zero-order valence-electron chi connectivity index (χ0n) is 13.8. The molecule has 0 spiro atoms. The van der Waals surface area contributed by atoms with Crippen molar-refractivity contribution in [1.82, 2.24) is 0 Å². The summed E-state index contributed by atoms with van der Waals surface area (Å²) in [5.41, 5.74) is 0.394. The van der Waals surface area contributed by atoms with E-state index in [0.29, 0.717) is 5.69 Å². The van der Waals surface area contributed by atoms with Crippen LogP contribution in [0.25, 0.3) is 0 Å². The van der Waals surface area contributed by atoms with E-state index in [-0.39, 0.29) is 21.2 Å². The zero-order valence-corrected chi connectivity index (χ0v) is 15.4. The number of halogens is 2. The van der Waals surface area contributed by atoms with Gasteiger partial charge in [-0.05, 0) is 48.5 Å². The molecule has 27 heavy (non-hydrogen) atoms. The van der Waals surface area contributed by atoms with Crippen molar-refractivity contribution in [3.63, 3.8) is 0 Å². The normalized spacial score (nSPS) is 11.0. The van der Waals surface area contributed by atoms with Crippen molar-refractivity contribution >= 4 is 38.9 Å². The lowest BCUT2D eigenvalue weighted by Gasteiger charge is -2.11. The first kappa shape index (κ1) is 18.9. The summed E-state index contributed by atoms with van der Waals surface area (Å²) in [6.45, 7) is 0. The molecule has 0 aliphatic heterocycles. The molecule has 0 unspecified atom stereocenters. The number of anilines is 2. The molecule has 0 heterocycles. The van der Waals surface area contributed by atoms with E-state index in [4.69, 9.17) is 11.6 Å². The lowest BCUT2D eigenvalue weighted by molar-refractivity contribution is 0.102. The van der Waals surface area contributed by atoms with E-state index >= 15 is 0 Å². The minimum absolute atomic E-state index is 0.114. The molecular formula is C19H14ClFN2O3S. The highest BCUT2D eigenvalue weighted by molar-refractivity contribution is 7.92. The van der Waals surface area contributed by atoms with Crippen LogP contribution in [0.2, 0.25) is 5.02 Å². The SMILES string of the molecule is O=C(Nc1cccc(NS(=O)(=O)c2ccccc2)c1)c1ccc(Cl)cc1F. The fraction of sp³-hybridized carbons (Fsp3) is 0. The van der Waals surface area contributed by atoms with Gasteiger partial charge in [-0.1, -0.05) is 35.9 Å². The minimum atomic E-state index is -3.76. The molecule has 0 fully saturated rings. The van der Waals surface area contributed by atoms with Gasteiger partial charge >= 0.3 is 0 Å². The van der Waals surface area contributed by atoms with Crippen LogP contribution < -0.4 is 10.0 Å². The van der Waals surface area contributed by atoms with Crippen LogP contribution in [-0.4, -0.2) is 14.3 Å². The Bertz CT molecular complexity index is 1090. The van der Waals surface area contributed by atoms with E-state index in [0.717, 1.165) is 6.07 Å². The number of rotatable bonds is 5. The summed E-state index contributed by atoms with van der Waals surface area (Å²) >= 11 is 5.68. The summed E-state index contributed by atoms with van der Waals surface area (Å²) < 4.78 is 41.0. The predicted molar refractivity (Wildman–Crippen MR) is 103 cm³/mol. The molecule has 0 aromatic heterocycles. The van der Waals surface area contributed by atoms with Crippen molar-refractivity contribution in [3.05, 3.63) is 89.2 Å². The summed E-state index contributed by atoms with van der Waals surface area (Å²) in [7, 11) is -3.76. The molecule has 3 aromatic carbocycles. The molecule has 138 valence electrons. The fourth-order valence-electron chi connectivity index (χ4n) is 2.35. The third kappa shape index (κ3) is 4.64. The number of hydrogen-bond acceptors (Lipinski definition) is 3. The summed E-state index contributed by atoms with van der Waals surface area (Å²) in [5, 5.41) is 2.71. The van der Waals surface area contributed by atoms with Gasteiger partial charge in [-0.3, -0.25) is 9.52 Å². The van der Waals surface area contributed by atoms with E-state index in [9.17, 15) is 17.6 Å². The highest BCUT2D eigenvalue weighted by Gasteiger charge is 2.15. The first-order valence-corrected chi connectivity index (χ1v) is 9.65. The van der Waals surface area contributed by atoms with Crippen LogP contribution in [0.1, 0.15) is 10.4 Å². The van der Waals surface area contributed by atoms with Gasteiger partial charge in [-0.2, -0.15) is 0 Å². The summed E-state index contributed by atoms with van der Waals surface area (Å²) in [6, 6.07) is 17.7.